The summed E-state index contributed by atoms with van der Waals surface area (Å²) in [6.45, 7) is 0. The molecule has 2 aromatic carbocycles. The van der Waals surface area contributed by atoms with Crippen molar-refractivity contribution in [3.8, 4) is 0 Å². The van der Waals surface area contributed by atoms with Crippen molar-refractivity contribution in [1.29, 1.82) is 0 Å². The Morgan fingerprint density at radius 1 is 0.710 bits per heavy atom. The van der Waals surface area contributed by atoms with Crippen molar-refractivity contribution in [2.75, 3.05) is 0 Å². The first kappa shape index (κ1) is 34.5. The van der Waals surface area contributed by atoms with E-state index in [4.69, 9.17) is 29.6 Å². The normalized spacial score (nSPS) is 13.3. The quantitative estimate of drug-likeness (QED) is 0.197. The van der Waals surface area contributed by atoms with Crippen molar-refractivity contribution in [3.05, 3.63) is 70.8 Å². The van der Waals surface area contributed by atoms with E-state index in [-0.39, 0.29) is 59.8 Å². The summed E-state index contributed by atoms with van der Waals surface area (Å²) in [5, 5.41) is 17.3. The van der Waals surface area contributed by atoms with E-state index in [9.17, 15) is 18.9 Å². The van der Waals surface area contributed by atoms with Gasteiger partial charge in [0.2, 0.25) is 0 Å². The first-order chi connectivity index (χ1) is 12.8. The van der Waals surface area contributed by atoms with Gasteiger partial charge in [-0.2, -0.15) is 0 Å². The second kappa shape index (κ2) is 14.8. The molecule has 2 unspecified atom stereocenters. The Morgan fingerprint density at radius 2 is 0.935 bits per heavy atom. The monoisotopic (exact) mass is 508 g/mol. The summed E-state index contributed by atoms with van der Waals surface area (Å²) in [4.78, 5) is 55.4. The Kier molecular flexibility index (Phi) is 16.5. The third kappa shape index (κ3) is 15.3. The minimum atomic E-state index is -4.31. The van der Waals surface area contributed by atoms with E-state index in [0.717, 1.165) is 0 Å². The van der Waals surface area contributed by atoms with Crippen LogP contribution in [0.25, 0.3) is 0 Å². The van der Waals surface area contributed by atoms with E-state index in [1.807, 2.05) is 0 Å². The van der Waals surface area contributed by atoms with Gasteiger partial charge >= 0.3 is 11.9 Å². The van der Waals surface area contributed by atoms with Crippen LogP contribution < -0.4 is 9.79 Å². The standard InChI is InChI=1S/2C8H9O5P.Ca.2H2O/c2*9-8(10)7-3-1-6(2-4-7)5-14(11,12)13;;;/h2*1-4H,5H2,(H,9,10)(H2,11,12,13);;2*1H2. The maximum Gasteiger partial charge on any atom is 0.515 e. The SMILES string of the molecule is O.O.O=P([O-])(O)Cc1ccc(C(O)=[OH+])cc1.O=P([O-])(O)Cc1ccc(C(O)=[OH+])cc1.[Ca]. The molecule has 0 aliphatic heterocycles. The smallest absolute Gasteiger partial charge is 0.515 e. The summed E-state index contributed by atoms with van der Waals surface area (Å²) in [6, 6.07) is 11.0. The van der Waals surface area contributed by atoms with Crippen molar-refractivity contribution >= 4 is 64.9 Å². The number of carboxylic acid groups (broad SMARTS) is 2. The third-order valence-electron chi connectivity index (χ3n) is 3.19. The van der Waals surface area contributed by atoms with Crippen LogP contribution in [0.5, 0.6) is 0 Å². The molecular weight excluding hydrogens is 486 g/mol. The molecule has 0 fully saturated rings. The molecule has 0 heterocycles. The van der Waals surface area contributed by atoms with Crippen molar-refractivity contribution in [2.24, 2.45) is 0 Å². The topological polar surface area (TPSA) is 267 Å². The van der Waals surface area contributed by atoms with Gasteiger partial charge in [0, 0.05) is 50.1 Å². The van der Waals surface area contributed by atoms with Crippen LogP contribution in [0.1, 0.15) is 22.3 Å². The maximum atomic E-state index is 10.5. The van der Waals surface area contributed by atoms with Gasteiger partial charge in [-0.15, -0.1) is 0 Å². The molecule has 170 valence electrons. The van der Waals surface area contributed by atoms with Gasteiger partial charge in [-0.25, -0.2) is 0 Å². The van der Waals surface area contributed by atoms with Crippen LogP contribution in [-0.4, -0.2) is 90.2 Å². The number of aliphatic hydroxyl groups excluding tert-OH is 2. The average molecular weight is 508 g/mol. The third-order valence-corrected chi connectivity index (χ3v) is 4.72. The number of hydrogen-bond donors (Lipinski definition) is 4. The first-order valence-electron chi connectivity index (χ1n) is 7.51. The van der Waals surface area contributed by atoms with Crippen molar-refractivity contribution in [1.82, 2.24) is 0 Å². The molecule has 10 N–H and O–H groups in total. The molecule has 0 saturated carbocycles. The Balaban J connectivity index is -0.000000461. The van der Waals surface area contributed by atoms with Crippen molar-refractivity contribution < 1.29 is 59.5 Å². The number of benzene rings is 2. The summed E-state index contributed by atoms with van der Waals surface area (Å²) >= 11 is 0. The van der Waals surface area contributed by atoms with E-state index in [1.165, 1.54) is 48.5 Å². The molecule has 31 heavy (non-hydrogen) atoms. The molecule has 15 heteroatoms. The molecule has 0 saturated heterocycles. The molecule has 2 rings (SSSR count). The molecule has 0 spiro atoms. The molecule has 0 aliphatic rings. The van der Waals surface area contributed by atoms with Gasteiger partial charge in [0.15, 0.2) is 0 Å². The minimum absolute atomic E-state index is 0. The molecule has 12 nitrogen and oxygen atoms in total. The molecule has 2 atom stereocenters. The summed E-state index contributed by atoms with van der Waals surface area (Å²) in [7, 11) is -8.62. The second-order valence-electron chi connectivity index (χ2n) is 5.63. The van der Waals surface area contributed by atoms with Crippen LogP contribution in [0.15, 0.2) is 48.5 Å². The van der Waals surface area contributed by atoms with E-state index in [0.29, 0.717) is 11.1 Å². The predicted molar refractivity (Wildman–Crippen MR) is 110 cm³/mol. The van der Waals surface area contributed by atoms with Gasteiger partial charge in [0.1, 0.15) is 26.3 Å². The fraction of sp³-hybridized carbons (Fsp3) is 0.125. The first-order valence-corrected chi connectivity index (χ1v) is 11.0. The van der Waals surface area contributed by atoms with Crippen LogP contribution >= 0.6 is 15.2 Å². The van der Waals surface area contributed by atoms with Gasteiger partial charge in [-0.1, -0.05) is 24.3 Å². The second-order valence-corrected chi connectivity index (χ2v) is 8.81. The molecular formula is C16H22CaO12P2. The summed E-state index contributed by atoms with van der Waals surface area (Å²) in [5.74, 6) is -1.66. The summed E-state index contributed by atoms with van der Waals surface area (Å²) in [6.07, 6.45) is -0.918. The van der Waals surface area contributed by atoms with Gasteiger partial charge in [-0.3, -0.25) is 0 Å². The zero-order valence-corrected chi connectivity index (χ0v) is 19.9. The van der Waals surface area contributed by atoms with E-state index < -0.39 is 39.5 Å². The Labute approximate surface area is 206 Å². The van der Waals surface area contributed by atoms with E-state index in [2.05, 4.69) is 0 Å². The predicted octanol–water partition coefficient (Wildman–Crippen LogP) is -1.75. The molecule has 2 radical (unpaired) electrons. The molecule has 2 aromatic rings. The Bertz CT molecular complexity index is 841. The van der Waals surface area contributed by atoms with Crippen LogP contribution in [0.4, 0.5) is 0 Å². The molecule has 0 bridgehead atoms. The van der Waals surface area contributed by atoms with Gasteiger partial charge in [0.05, 0.1) is 0 Å². The Morgan fingerprint density at radius 3 is 1.10 bits per heavy atom. The summed E-state index contributed by atoms with van der Waals surface area (Å²) < 4.78 is 21.0. The fourth-order valence-corrected chi connectivity index (χ4v) is 3.32. The van der Waals surface area contributed by atoms with Crippen molar-refractivity contribution in [3.63, 3.8) is 0 Å². The number of aromatic carboxylic acids is 2. The zero-order chi connectivity index (χ0) is 21.5. The van der Waals surface area contributed by atoms with Crippen molar-refractivity contribution in [2.45, 2.75) is 12.3 Å². The average Bonchev–Trinajstić information content (AvgIpc) is 2.53. The minimum Gasteiger partial charge on any atom is -0.778 e. The molecule has 0 aliphatic carbocycles. The molecule has 0 aromatic heterocycles. The van der Waals surface area contributed by atoms with Gasteiger partial charge in [0.25, 0.3) is 0 Å². The maximum absolute atomic E-state index is 10.5. The van der Waals surface area contributed by atoms with E-state index >= 15 is 0 Å². The van der Waals surface area contributed by atoms with Crippen LogP contribution in [0, 0.1) is 0 Å². The number of hydrogen-bond acceptors (Lipinski definition) is 4. The largest absolute Gasteiger partial charge is 0.778 e. The zero-order valence-electron chi connectivity index (χ0n) is 16.0. The van der Waals surface area contributed by atoms with Gasteiger partial charge in [-0.05, 0) is 35.4 Å². The van der Waals surface area contributed by atoms with E-state index in [1.54, 1.807) is 0 Å². The summed E-state index contributed by atoms with van der Waals surface area (Å²) in [5.41, 5.74) is 1.14. The Hall–Kier alpha value is -1.14. The fourth-order valence-electron chi connectivity index (χ4n) is 1.98. The van der Waals surface area contributed by atoms with Crippen LogP contribution in [0.3, 0.4) is 0 Å². The molecule has 0 amide bonds. The van der Waals surface area contributed by atoms with Crippen LogP contribution in [0.2, 0.25) is 0 Å². The number of rotatable bonds is 6. The van der Waals surface area contributed by atoms with Crippen LogP contribution in [-0.2, 0) is 21.5 Å². The number of carboxylic acids is 2. The van der Waals surface area contributed by atoms with Gasteiger partial charge < -0.3 is 59.5 Å².